The number of hydrogen-bond donors (Lipinski definition) is 2. The molecule has 0 unspecified atom stereocenters. The maximum atomic E-state index is 11.1. The van der Waals surface area contributed by atoms with Crippen molar-refractivity contribution >= 4 is 17.5 Å². The van der Waals surface area contributed by atoms with E-state index in [-0.39, 0.29) is 6.61 Å². The predicted molar refractivity (Wildman–Crippen MR) is 71.3 cm³/mol. The highest BCUT2D eigenvalue weighted by Gasteiger charge is 2.07. The lowest BCUT2D eigenvalue weighted by Crippen LogP contribution is -2.10. The molecule has 0 bridgehead atoms. The molecule has 1 amide bonds. The van der Waals surface area contributed by atoms with Crippen LogP contribution in [0.4, 0.5) is 0 Å². The Hall–Kier alpha value is -1.84. The first-order valence-corrected chi connectivity index (χ1v) is 5.79. The molecule has 2 rings (SSSR count). The Morgan fingerprint density at radius 3 is 2.61 bits per heavy atom. The van der Waals surface area contributed by atoms with Crippen LogP contribution in [0.3, 0.4) is 0 Å². The van der Waals surface area contributed by atoms with Crippen LogP contribution in [-0.2, 0) is 6.61 Å². The van der Waals surface area contributed by atoms with Gasteiger partial charge >= 0.3 is 0 Å². The molecule has 0 fully saturated rings. The highest BCUT2D eigenvalue weighted by Crippen LogP contribution is 2.29. The number of rotatable bonds is 3. The first-order chi connectivity index (χ1) is 8.61. The summed E-state index contributed by atoms with van der Waals surface area (Å²) in [5.74, 6) is -0.472. The summed E-state index contributed by atoms with van der Waals surface area (Å²) in [7, 11) is 0. The molecule has 0 saturated carbocycles. The lowest BCUT2D eigenvalue weighted by molar-refractivity contribution is 0.100. The van der Waals surface area contributed by atoms with Gasteiger partial charge in [-0.05, 0) is 29.3 Å². The highest BCUT2D eigenvalue weighted by atomic mass is 35.5. The van der Waals surface area contributed by atoms with Crippen LogP contribution in [0.1, 0.15) is 15.9 Å². The second-order valence-electron chi connectivity index (χ2n) is 3.92. The monoisotopic (exact) mass is 261 g/mol. The SMILES string of the molecule is NC(=O)c1cccc(-c2ccc(CO)cc2Cl)c1. The van der Waals surface area contributed by atoms with Crippen molar-refractivity contribution in [2.45, 2.75) is 6.61 Å². The van der Waals surface area contributed by atoms with Crippen molar-refractivity contribution in [3.63, 3.8) is 0 Å². The van der Waals surface area contributed by atoms with Gasteiger partial charge in [0.15, 0.2) is 0 Å². The summed E-state index contributed by atoms with van der Waals surface area (Å²) in [6.07, 6.45) is 0. The van der Waals surface area contributed by atoms with E-state index in [1.807, 2.05) is 12.1 Å². The van der Waals surface area contributed by atoms with E-state index in [1.165, 1.54) is 0 Å². The quantitative estimate of drug-likeness (QED) is 0.892. The molecule has 0 aliphatic heterocycles. The van der Waals surface area contributed by atoms with Gasteiger partial charge in [0.1, 0.15) is 0 Å². The van der Waals surface area contributed by atoms with Crippen molar-refractivity contribution in [1.82, 2.24) is 0 Å². The van der Waals surface area contributed by atoms with E-state index in [0.29, 0.717) is 10.6 Å². The van der Waals surface area contributed by atoms with Gasteiger partial charge in [0.25, 0.3) is 0 Å². The molecule has 0 saturated heterocycles. The molecule has 3 N–H and O–H groups in total. The van der Waals surface area contributed by atoms with E-state index in [1.54, 1.807) is 30.3 Å². The zero-order chi connectivity index (χ0) is 13.1. The number of carbonyl (C=O) groups is 1. The molecule has 0 spiro atoms. The van der Waals surface area contributed by atoms with Gasteiger partial charge in [0.05, 0.1) is 6.61 Å². The summed E-state index contributed by atoms with van der Waals surface area (Å²) in [4.78, 5) is 11.1. The minimum atomic E-state index is -0.472. The molecule has 0 aromatic heterocycles. The summed E-state index contributed by atoms with van der Waals surface area (Å²) >= 11 is 6.15. The van der Waals surface area contributed by atoms with Gasteiger partial charge in [-0.3, -0.25) is 4.79 Å². The number of carbonyl (C=O) groups excluding carboxylic acids is 1. The minimum absolute atomic E-state index is 0.0542. The molecule has 4 heteroatoms. The Labute approximate surface area is 110 Å². The third-order valence-electron chi connectivity index (χ3n) is 2.67. The topological polar surface area (TPSA) is 63.3 Å². The van der Waals surface area contributed by atoms with Gasteiger partial charge in [-0.25, -0.2) is 0 Å². The summed E-state index contributed by atoms with van der Waals surface area (Å²) in [6.45, 7) is -0.0542. The van der Waals surface area contributed by atoms with Gasteiger partial charge in [0.2, 0.25) is 5.91 Å². The molecule has 18 heavy (non-hydrogen) atoms. The molecule has 0 aliphatic carbocycles. The Morgan fingerprint density at radius 1 is 1.22 bits per heavy atom. The van der Waals surface area contributed by atoms with Crippen molar-refractivity contribution in [1.29, 1.82) is 0 Å². The van der Waals surface area contributed by atoms with Gasteiger partial charge in [-0.2, -0.15) is 0 Å². The zero-order valence-corrected chi connectivity index (χ0v) is 10.3. The average molecular weight is 262 g/mol. The number of benzene rings is 2. The predicted octanol–water partition coefficient (Wildman–Crippen LogP) is 2.60. The summed E-state index contributed by atoms with van der Waals surface area (Å²) in [6, 6.07) is 12.3. The van der Waals surface area contributed by atoms with Crippen LogP contribution in [0.2, 0.25) is 5.02 Å². The van der Waals surface area contributed by atoms with Crippen molar-refractivity contribution in [2.75, 3.05) is 0 Å². The Balaban J connectivity index is 2.48. The van der Waals surface area contributed by atoms with Crippen LogP contribution in [0.25, 0.3) is 11.1 Å². The van der Waals surface area contributed by atoms with Gasteiger partial charge in [-0.1, -0.05) is 35.9 Å². The number of primary amides is 1. The van der Waals surface area contributed by atoms with Crippen molar-refractivity contribution in [3.05, 3.63) is 58.6 Å². The molecule has 0 aliphatic rings. The van der Waals surface area contributed by atoms with Gasteiger partial charge in [-0.15, -0.1) is 0 Å². The molecule has 0 atom stereocenters. The largest absolute Gasteiger partial charge is 0.392 e. The van der Waals surface area contributed by atoms with Crippen molar-refractivity contribution < 1.29 is 9.90 Å². The van der Waals surface area contributed by atoms with Crippen LogP contribution >= 0.6 is 11.6 Å². The maximum Gasteiger partial charge on any atom is 0.248 e. The molecular weight excluding hydrogens is 250 g/mol. The van der Waals surface area contributed by atoms with E-state index < -0.39 is 5.91 Å². The number of nitrogens with two attached hydrogens (primary N) is 1. The van der Waals surface area contributed by atoms with E-state index in [9.17, 15) is 4.79 Å². The van der Waals surface area contributed by atoms with E-state index in [2.05, 4.69) is 0 Å². The van der Waals surface area contributed by atoms with Gasteiger partial charge in [0, 0.05) is 16.1 Å². The van der Waals surface area contributed by atoms with E-state index in [0.717, 1.165) is 16.7 Å². The second kappa shape index (κ2) is 5.21. The zero-order valence-electron chi connectivity index (χ0n) is 9.56. The van der Waals surface area contributed by atoms with Crippen LogP contribution in [0.5, 0.6) is 0 Å². The van der Waals surface area contributed by atoms with Crippen molar-refractivity contribution in [2.24, 2.45) is 5.73 Å². The van der Waals surface area contributed by atoms with E-state index in [4.69, 9.17) is 22.4 Å². The molecule has 0 heterocycles. The molecule has 92 valence electrons. The lowest BCUT2D eigenvalue weighted by atomic mass is 10.0. The second-order valence-corrected chi connectivity index (χ2v) is 4.32. The highest BCUT2D eigenvalue weighted by molar-refractivity contribution is 6.33. The molecule has 0 radical (unpaired) electrons. The first-order valence-electron chi connectivity index (χ1n) is 5.41. The van der Waals surface area contributed by atoms with Crippen LogP contribution in [-0.4, -0.2) is 11.0 Å². The Morgan fingerprint density at radius 2 is 2.00 bits per heavy atom. The average Bonchev–Trinajstić information content (AvgIpc) is 2.38. The summed E-state index contributed by atoms with van der Waals surface area (Å²) in [5, 5.41) is 9.55. The third kappa shape index (κ3) is 2.53. The summed E-state index contributed by atoms with van der Waals surface area (Å²) < 4.78 is 0. The lowest BCUT2D eigenvalue weighted by Gasteiger charge is -2.07. The molecule has 3 nitrogen and oxygen atoms in total. The minimum Gasteiger partial charge on any atom is -0.392 e. The number of halogens is 1. The first kappa shape index (κ1) is 12.6. The third-order valence-corrected chi connectivity index (χ3v) is 2.99. The molecular formula is C14H12ClNO2. The standard InChI is InChI=1S/C14H12ClNO2/c15-13-6-9(8-17)4-5-12(13)10-2-1-3-11(7-10)14(16)18/h1-7,17H,8H2,(H2,16,18). The van der Waals surface area contributed by atoms with Crippen LogP contribution in [0, 0.1) is 0 Å². The number of amides is 1. The fourth-order valence-electron chi connectivity index (χ4n) is 1.73. The number of aliphatic hydroxyl groups is 1. The number of aliphatic hydroxyl groups excluding tert-OH is 1. The fourth-order valence-corrected chi connectivity index (χ4v) is 2.04. The summed E-state index contributed by atoms with van der Waals surface area (Å²) in [5.41, 5.74) is 8.05. The van der Waals surface area contributed by atoms with Gasteiger partial charge < -0.3 is 10.8 Å². The van der Waals surface area contributed by atoms with Crippen molar-refractivity contribution in [3.8, 4) is 11.1 Å². The van der Waals surface area contributed by atoms with Crippen LogP contribution < -0.4 is 5.73 Å². The normalized spacial score (nSPS) is 10.3. The maximum absolute atomic E-state index is 11.1. The number of hydrogen-bond acceptors (Lipinski definition) is 2. The molecule has 2 aromatic rings. The molecule has 2 aromatic carbocycles. The van der Waals surface area contributed by atoms with E-state index >= 15 is 0 Å². The Bertz CT molecular complexity index is 596. The Kier molecular flexibility index (Phi) is 3.65. The smallest absolute Gasteiger partial charge is 0.248 e. The fraction of sp³-hybridized carbons (Fsp3) is 0.0714. The van der Waals surface area contributed by atoms with Crippen LogP contribution in [0.15, 0.2) is 42.5 Å².